The summed E-state index contributed by atoms with van der Waals surface area (Å²) in [5.41, 5.74) is -0.485. The van der Waals surface area contributed by atoms with Gasteiger partial charge in [-0.1, -0.05) is 0 Å². The highest BCUT2D eigenvalue weighted by atomic mass is 16.5. The van der Waals surface area contributed by atoms with Gasteiger partial charge in [0.1, 0.15) is 5.82 Å². The zero-order chi connectivity index (χ0) is 12.3. The van der Waals surface area contributed by atoms with Crippen molar-refractivity contribution in [3.05, 3.63) is 18.1 Å². The van der Waals surface area contributed by atoms with E-state index in [-0.39, 0.29) is 5.69 Å². The Morgan fingerprint density at radius 3 is 2.94 bits per heavy atom. The average molecular weight is 237 g/mol. The topological polar surface area (TPSA) is 84.3 Å². The molecule has 6 heteroatoms. The Morgan fingerprint density at radius 2 is 2.35 bits per heavy atom. The summed E-state index contributed by atoms with van der Waals surface area (Å²) in [4.78, 5) is 19.2. The van der Waals surface area contributed by atoms with Crippen LogP contribution in [0.4, 0.5) is 5.82 Å². The molecule has 0 atom stereocenters. The van der Waals surface area contributed by atoms with Gasteiger partial charge in [0.15, 0.2) is 5.69 Å². The number of esters is 1. The highest BCUT2D eigenvalue weighted by molar-refractivity contribution is 5.87. The van der Waals surface area contributed by atoms with Crippen molar-refractivity contribution in [3.63, 3.8) is 0 Å². The molecule has 2 rings (SSSR count). The maximum Gasteiger partial charge on any atom is 0.358 e. The Labute approximate surface area is 99.0 Å². The Hall–Kier alpha value is -1.69. The summed E-state index contributed by atoms with van der Waals surface area (Å²) in [6, 6.07) is 0. The molecular weight excluding hydrogens is 222 g/mol. The number of nitrogens with one attached hydrogen (secondary N) is 1. The van der Waals surface area contributed by atoms with Crippen LogP contribution in [0.25, 0.3) is 0 Å². The van der Waals surface area contributed by atoms with E-state index in [0.717, 1.165) is 19.3 Å². The third-order valence-electron chi connectivity index (χ3n) is 2.91. The fourth-order valence-electron chi connectivity index (χ4n) is 1.67. The van der Waals surface area contributed by atoms with Gasteiger partial charge in [-0.3, -0.25) is 4.98 Å². The smallest absolute Gasteiger partial charge is 0.358 e. The summed E-state index contributed by atoms with van der Waals surface area (Å²) < 4.78 is 4.55. The van der Waals surface area contributed by atoms with Crippen molar-refractivity contribution in [1.82, 2.24) is 9.97 Å². The van der Waals surface area contributed by atoms with Gasteiger partial charge in [0.2, 0.25) is 0 Å². The first kappa shape index (κ1) is 11.8. The van der Waals surface area contributed by atoms with Crippen LogP contribution >= 0.6 is 0 Å². The standard InChI is InChI=1S/C11H15N3O3/c1-17-10(15)8-5-12-6-9(14-8)13-7-11(16)3-2-4-11/h5-6,16H,2-4,7H2,1H3,(H,13,14). The minimum absolute atomic E-state index is 0.151. The number of methoxy groups -OCH3 is 1. The van der Waals surface area contributed by atoms with E-state index in [1.165, 1.54) is 19.5 Å². The molecule has 0 unspecified atom stereocenters. The lowest BCUT2D eigenvalue weighted by Crippen LogP contribution is -2.43. The monoisotopic (exact) mass is 237 g/mol. The molecule has 0 aromatic carbocycles. The number of carbonyl (C=O) groups excluding carboxylic acids is 1. The van der Waals surface area contributed by atoms with E-state index in [2.05, 4.69) is 20.0 Å². The van der Waals surface area contributed by atoms with E-state index >= 15 is 0 Å². The lowest BCUT2D eigenvalue weighted by Gasteiger charge is -2.36. The minimum atomic E-state index is -0.636. The van der Waals surface area contributed by atoms with Gasteiger partial charge >= 0.3 is 5.97 Å². The van der Waals surface area contributed by atoms with E-state index in [1.54, 1.807) is 0 Å². The number of hydrogen-bond donors (Lipinski definition) is 2. The molecule has 1 saturated carbocycles. The quantitative estimate of drug-likeness (QED) is 0.745. The Bertz CT molecular complexity index is 418. The first-order valence-corrected chi connectivity index (χ1v) is 5.50. The second-order valence-electron chi connectivity index (χ2n) is 4.21. The van der Waals surface area contributed by atoms with Crippen LogP contribution in [0.15, 0.2) is 12.4 Å². The SMILES string of the molecule is COC(=O)c1cncc(NCC2(O)CCC2)n1. The fourth-order valence-corrected chi connectivity index (χ4v) is 1.67. The van der Waals surface area contributed by atoms with Crippen LogP contribution in [-0.2, 0) is 4.74 Å². The Kier molecular flexibility index (Phi) is 3.23. The Morgan fingerprint density at radius 1 is 1.59 bits per heavy atom. The van der Waals surface area contributed by atoms with E-state index in [0.29, 0.717) is 12.4 Å². The second-order valence-corrected chi connectivity index (χ2v) is 4.21. The van der Waals surface area contributed by atoms with E-state index in [9.17, 15) is 9.90 Å². The average Bonchev–Trinajstić information content (AvgIpc) is 2.33. The number of nitrogens with zero attached hydrogens (tertiary/aromatic N) is 2. The molecule has 0 amide bonds. The molecule has 0 saturated heterocycles. The molecule has 0 spiro atoms. The minimum Gasteiger partial charge on any atom is -0.464 e. The zero-order valence-electron chi connectivity index (χ0n) is 9.64. The molecule has 0 bridgehead atoms. The van der Waals surface area contributed by atoms with Crippen LogP contribution in [0.2, 0.25) is 0 Å². The number of carbonyl (C=O) groups is 1. The summed E-state index contributed by atoms with van der Waals surface area (Å²) in [5, 5.41) is 12.9. The van der Waals surface area contributed by atoms with Crippen molar-refractivity contribution in [1.29, 1.82) is 0 Å². The number of aromatic nitrogens is 2. The van der Waals surface area contributed by atoms with Crippen LogP contribution in [0.5, 0.6) is 0 Å². The number of ether oxygens (including phenoxy) is 1. The first-order chi connectivity index (χ1) is 8.13. The molecule has 92 valence electrons. The highest BCUT2D eigenvalue weighted by Gasteiger charge is 2.34. The summed E-state index contributed by atoms with van der Waals surface area (Å²) in [6.07, 6.45) is 5.49. The van der Waals surface area contributed by atoms with E-state index in [4.69, 9.17) is 0 Å². The van der Waals surface area contributed by atoms with Gasteiger partial charge in [-0.05, 0) is 19.3 Å². The van der Waals surface area contributed by atoms with E-state index in [1.807, 2.05) is 0 Å². The molecule has 1 aromatic heterocycles. The van der Waals surface area contributed by atoms with Crippen LogP contribution < -0.4 is 5.32 Å². The van der Waals surface area contributed by atoms with Crippen molar-refractivity contribution in [2.24, 2.45) is 0 Å². The van der Waals surface area contributed by atoms with Crippen molar-refractivity contribution >= 4 is 11.8 Å². The largest absolute Gasteiger partial charge is 0.464 e. The predicted molar refractivity (Wildman–Crippen MR) is 60.7 cm³/mol. The maximum absolute atomic E-state index is 11.2. The molecule has 1 aromatic rings. The summed E-state index contributed by atoms with van der Waals surface area (Å²) in [5.74, 6) is -0.0586. The Balaban J connectivity index is 1.98. The van der Waals surface area contributed by atoms with Crippen molar-refractivity contribution < 1.29 is 14.6 Å². The summed E-state index contributed by atoms with van der Waals surface area (Å²) >= 11 is 0. The van der Waals surface area contributed by atoms with Crippen molar-refractivity contribution in [2.75, 3.05) is 19.0 Å². The number of rotatable bonds is 4. The molecule has 1 heterocycles. The third kappa shape index (κ3) is 2.71. The number of hydrogen-bond acceptors (Lipinski definition) is 6. The lowest BCUT2D eigenvalue weighted by molar-refractivity contribution is -0.0202. The van der Waals surface area contributed by atoms with Gasteiger partial charge in [0.05, 0.1) is 25.1 Å². The highest BCUT2D eigenvalue weighted by Crippen LogP contribution is 2.31. The molecule has 2 N–H and O–H groups in total. The summed E-state index contributed by atoms with van der Waals surface area (Å²) in [6.45, 7) is 0.423. The number of aliphatic hydroxyl groups is 1. The van der Waals surface area contributed by atoms with Crippen LogP contribution in [0.3, 0.4) is 0 Å². The molecule has 0 radical (unpaired) electrons. The first-order valence-electron chi connectivity index (χ1n) is 5.50. The van der Waals surface area contributed by atoms with Crippen LogP contribution in [0.1, 0.15) is 29.8 Å². The molecule has 0 aliphatic heterocycles. The van der Waals surface area contributed by atoms with Gasteiger partial charge in [-0.25, -0.2) is 9.78 Å². The predicted octanol–water partition coefficient (Wildman–Crippen LogP) is 0.590. The second kappa shape index (κ2) is 4.67. The zero-order valence-corrected chi connectivity index (χ0v) is 9.64. The van der Waals surface area contributed by atoms with Gasteiger partial charge in [0.25, 0.3) is 0 Å². The fraction of sp³-hybridized carbons (Fsp3) is 0.545. The number of anilines is 1. The molecule has 1 fully saturated rings. The lowest BCUT2D eigenvalue weighted by atomic mass is 9.80. The normalized spacial score (nSPS) is 17.1. The van der Waals surface area contributed by atoms with Gasteiger partial charge in [-0.2, -0.15) is 0 Å². The van der Waals surface area contributed by atoms with Crippen molar-refractivity contribution in [3.8, 4) is 0 Å². The molecule has 6 nitrogen and oxygen atoms in total. The molecular formula is C11H15N3O3. The van der Waals surface area contributed by atoms with Gasteiger partial charge in [0, 0.05) is 6.54 Å². The van der Waals surface area contributed by atoms with Gasteiger partial charge in [-0.15, -0.1) is 0 Å². The maximum atomic E-state index is 11.2. The van der Waals surface area contributed by atoms with Gasteiger partial charge < -0.3 is 15.2 Å². The van der Waals surface area contributed by atoms with Crippen LogP contribution in [-0.4, -0.2) is 40.3 Å². The van der Waals surface area contributed by atoms with Crippen molar-refractivity contribution in [2.45, 2.75) is 24.9 Å². The summed E-state index contributed by atoms with van der Waals surface area (Å²) in [7, 11) is 1.29. The van der Waals surface area contributed by atoms with E-state index < -0.39 is 11.6 Å². The molecule has 1 aliphatic carbocycles. The van der Waals surface area contributed by atoms with Crippen LogP contribution in [0, 0.1) is 0 Å². The third-order valence-corrected chi connectivity index (χ3v) is 2.91. The molecule has 1 aliphatic rings. The molecule has 17 heavy (non-hydrogen) atoms.